The number of benzene rings is 1. The van der Waals surface area contributed by atoms with Gasteiger partial charge in [0, 0.05) is 12.2 Å². The normalized spacial score (nSPS) is 20.9. The van der Waals surface area contributed by atoms with Crippen LogP contribution < -0.4 is 5.32 Å². The van der Waals surface area contributed by atoms with E-state index in [0.717, 1.165) is 16.0 Å². The van der Waals surface area contributed by atoms with Gasteiger partial charge in [0.25, 0.3) is 5.91 Å². The van der Waals surface area contributed by atoms with Gasteiger partial charge in [-0.05, 0) is 43.9 Å². The summed E-state index contributed by atoms with van der Waals surface area (Å²) in [6, 6.07) is 5.68. The minimum atomic E-state index is -0.621. The number of carbonyl (C=O) groups is 4. The molecule has 0 bridgehead atoms. The number of nitrogens with one attached hydrogen (secondary N) is 1. The maximum Gasteiger partial charge on any atom is 0.308 e. The molecular formula is C21H24N2O5. The molecule has 1 heterocycles. The number of ether oxygens (including phenoxy) is 1. The van der Waals surface area contributed by atoms with Crippen molar-refractivity contribution in [2.45, 2.75) is 33.1 Å². The molecule has 0 spiro atoms. The molecule has 1 N–H and O–H groups in total. The molecule has 3 amide bonds. The number of anilines is 1. The number of imide groups is 1. The molecule has 1 aliphatic heterocycles. The fourth-order valence-electron chi connectivity index (χ4n) is 3.57. The van der Waals surface area contributed by atoms with Crippen molar-refractivity contribution in [3.8, 4) is 0 Å². The molecule has 2 atom stereocenters. The molecule has 0 aromatic heterocycles. The number of amides is 3. The third-order valence-electron chi connectivity index (χ3n) is 5.17. The van der Waals surface area contributed by atoms with Crippen LogP contribution in [0.15, 0.2) is 30.4 Å². The van der Waals surface area contributed by atoms with Crippen LogP contribution in [-0.2, 0) is 23.9 Å². The van der Waals surface area contributed by atoms with Crippen molar-refractivity contribution in [3.05, 3.63) is 41.5 Å². The molecule has 3 rings (SSSR count). The Hall–Kier alpha value is -2.96. The number of nitrogens with zero attached hydrogens (tertiary/aromatic N) is 1. The van der Waals surface area contributed by atoms with Gasteiger partial charge < -0.3 is 10.1 Å². The average Bonchev–Trinajstić information content (AvgIpc) is 2.92. The maximum absolute atomic E-state index is 12.3. The molecule has 1 aromatic rings. The zero-order valence-corrected chi connectivity index (χ0v) is 16.1. The number of carbonyl (C=O) groups excluding carboxylic acids is 4. The van der Waals surface area contributed by atoms with Gasteiger partial charge in [0.2, 0.25) is 11.8 Å². The third kappa shape index (κ3) is 4.30. The lowest BCUT2D eigenvalue weighted by atomic mass is 9.85. The molecule has 7 nitrogen and oxygen atoms in total. The first-order valence-electron chi connectivity index (χ1n) is 9.39. The van der Waals surface area contributed by atoms with Crippen LogP contribution in [0.3, 0.4) is 0 Å². The molecule has 7 heteroatoms. The number of allylic oxidation sites excluding steroid dienone is 2. The fourth-order valence-corrected chi connectivity index (χ4v) is 3.57. The zero-order valence-electron chi connectivity index (χ0n) is 16.1. The van der Waals surface area contributed by atoms with Gasteiger partial charge >= 0.3 is 5.97 Å². The number of hydrogen-bond acceptors (Lipinski definition) is 5. The summed E-state index contributed by atoms with van der Waals surface area (Å²) >= 11 is 0. The van der Waals surface area contributed by atoms with Gasteiger partial charge in [-0.25, -0.2) is 0 Å². The van der Waals surface area contributed by atoms with Gasteiger partial charge in [0.05, 0.1) is 18.3 Å². The zero-order chi connectivity index (χ0) is 20.3. The fraction of sp³-hybridized carbons (Fsp3) is 0.429. The smallest absolute Gasteiger partial charge is 0.308 e. The van der Waals surface area contributed by atoms with Crippen molar-refractivity contribution in [1.29, 1.82) is 0 Å². The quantitative estimate of drug-likeness (QED) is 0.461. The van der Waals surface area contributed by atoms with Crippen molar-refractivity contribution in [3.63, 3.8) is 0 Å². The van der Waals surface area contributed by atoms with Crippen molar-refractivity contribution < 1.29 is 23.9 Å². The molecule has 1 aromatic carbocycles. The van der Waals surface area contributed by atoms with Crippen LogP contribution in [0.25, 0.3) is 0 Å². The number of fused-ring (bicyclic) bond motifs is 1. The molecule has 28 heavy (non-hydrogen) atoms. The van der Waals surface area contributed by atoms with E-state index in [9.17, 15) is 19.2 Å². The lowest BCUT2D eigenvalue weighted by Crippen LogP contribution is -2.33. The first-order valence-corrected chi connectivity index (χ1v) is 9.39. The van der Waals surface area contributed by atoms with Gasteiger partial charge in [0.1, 0.15) is 0 Å². The second-order valence-electron chi connectivity index (χ2n) is 7.26. The van der Waals surface area contributed by atoms with E-state index < -0.39 is 18.5 Å². The summed E-state index contributed by atoms with van der Waals surface area (Å²) in [6.45, 7) is 3.37. The molecule has 0 unspecified atom stereocenters. The standard InChI is InChI=1S/C21H24N2O5/c1-13-7-8-14(2)17(11-13)22-18(24)12-28-19(25)9-10-23-20(26)15-5-3-4-6-16(15)21(23)27/h3-4,7-8,11,15-16H,5-6,9-10,12H2,1-2H3,(H,22,24)/t15-,16+. The van der Waals surface area contributed by atoms with E-state index in [1.54, 1.807) is 0 Å². The highest BCUT2D eigenvalue weighted by Crippen LogP contribution is 2.35. The number of likely N-dealkylation sites (tertiary alicyclic amines) is 1. The highest BCUT2D eigenvalue weighted by molar-refractivity contribution is 6.05. The Bertz CT molecular complexity index is 819. The molecule has 1 aliphatic carbocycles. The van der Waals surface area contributed by atoms with Gasteiger partial charge in [0.15, 0.2) is 6.61 Å². The summed E-state index contributed by atoms with van der Waals surface area (Å²) in [4.78, 5) is 49.8. The van der Waals surface area contributed by atoms with E-state index in [1.165, 1.54) is 0 Å². The van der Waals surface area contributed by atoms with Gasteiger partial charge in [-0.1, -0.05) is 24.3 Å². The Balaban J connectivity index is 1.45. The number of esters is 1. The minimum absolute atomic E-state index is 0.0118. The summed E-state index contributed by atoms with van der Waals surface area (Å²) in [6.07, 6.45) is 4.84. The average molecular weight is 384 g/mol. The minimum Gasteiger partial charge on any atom is -0.456 e. The van der Waals surface area contributed by atoms with Crippen LogP contribution in [0.4, 0.5) is 5.69 Å². The first-order chi connectivity index (χ1) is 13.4. The summed E-state index contributed by atoms with van der Waals surface area (Å²) in [7, 11) is 0. The summed E-state index contributed by atoms with van der Waals surface area (Å²) < 4.78 is 4.98. The highest BCUT2D eigenvalue weighted by atomic mass is 16.5. The van der Waals surface area contributed by atoms with Gasteiger partial charge in [-0.15, -0.1) is 0 Å². The Labute approximate surface area is 163 Å². The van der Waals surface area contributed by atoms with Crippen molar-refractivity contribution in [2.75, 3.05) is 18.5 Å². The predicted molar refractivity (Wildman–Crippen MR) is 102 cm³/mol. The maximum atomic E-state index is 12.3. The number of hydrogen-bond donors (Lipinski definition) is 1. The molecule has 0 radical (unpaired) electrons. The topological polar surface area (TPSA) is 92.8 Å². The van der Waals surface area contributed by atoms with E-state index >= 15 is 0 Å². The molecule has 1 fully saturated rings. The van der Waals surface area contributed by atoms with E-state index in [0.29, 0.717) is 18.5 Å². The molecular weight excluding hydrogens is 360 g/mol. The largest absolute Gasteiger partial charge is 0.456 e. The van der Waals surface area contributed by atoms with Crippen molar-refractivity contribution >= 4 is 29.4 Å². The third-order valence-corrected chi connectivity index (χ3v) is 5.17. The van der Waals surface area contributed by atoms with E-state index in [4.69, 9.17) is 4.74 Å². The highest BCUT2D eigenvalue weighted by Gasteiger charge is 2.46. The Morgan fingerprint density at radius 1 is 1.11 bits per heavy atom. The second kappa shape index (κ2) is 8.37. The summed E-state index contributed by atoms with van der Waals surface area (Å²) in [5.41, 5.74) is 2.59. The SMILES string of the molecule is Cc1ccc(C)c(NC(=O)COC(=O)CCN2C(=O)[C@H]3CC=CC[C@H]3C2=O)c1. The van der Waals surface area contributed by atoms with Crippen LogP contribution in [0.5, 0.6) is 0 Å². The van der Waals surface area contributed by atoms with Crippen molar-refractivity contribution in [1.82, 2.24) is 4.90 Å². The Morgan fingerprint density at radius 3 is 2.39 bits per heavy atom. The van der Waals surface area contributed by atoms with Gasteiger partial charge in [-0.2, -0.15) is 0 Å². The van der Waals surface area contributed by atoms with E-state index in [1.807, 2.05) is 44.2 Å². The summed E-state index contributed by atoms with van der Waals surface area (Å²) in [5.74, 6) is -2.12. The summed E-state index contributed by atoms with van der Waals surface area (Å²) in [5, 5.41) is 2.71. The van der Waals surface area contributed by atoms with Crippen LogP contribution in [0, 0.1) is 25.7 Å². The number of rotatable bonds is 6. The van der Waals surface area contributed by atoms with Crippen LogP contribution in [-0.4, -0.2) is 41.7 Å². The van der Waals surface area contributed by atoms with E-state index in [2.05, 4.69) is 5.32 Å². The lowest BCUT2D eigenvalue weighted by molar-refractivity contribution is -0.148. The Morgan fingerprint density at radius 2 is 1.75 bits per heavy atom. The van der Waals surface area contributed by atoms with Crippen LogP contribution in [0.2, 0.25) is 0 Å². The van der Waals surface area contributed by atoms with E-state index in [-0.39, 0.29) is 36.6 Å². The van der Waals surface area contributed by atoms with Crippen LogP contribution >= 0.6 is 0 Å². The molecule has 0 saturated carbocycles. The lowest BCUT2D eigenvalue weighted by Gasteiger charge is -2.14. The monoisotopic (exact) mass is 384 g/mol. The second-order valence-corrected chi connectivity index (χ2v) is 7.26. The molecule has 148 valence electrons. The predicted octanol–water partition coefficient (Wildman–Crippen LogP) is 2.13. The Kier molecular flexibility index (Phi) is 5.92. The first kappa shape index (κ1) is 19.8. The van der Waals surface area contributed by atoms with Crippen molar-refractivity contribution in [2.24, 2.45) is 11.8 Å². The van der Waals surface area contributed by atoms with Gasteiger partial charge in [-0.3, -0.25) is 24.1 Å². The number of aryl methyl sites for hydroxylation is 2. The van der Waals surface area contributed by atoms with Crippen LogP contribution in [0.1, 0.15) is 30.4 Å². The molecule has 1 saturated heterocycles. The molecule has 2 aliphatic rings.